The highest BCUT2D eigenvalue weighted by molar-refractivity contribution is 5.84. The first-order valence-electron chi connectivity index (χ1n) is 4.26. The highest BCUT2D eigenvalue weighted by Gasteiger charge is 2.28. The Balaban J connectivity index is 0. The zero-order valence-electron chi connectivity index (χ0n) is 8.65. The van der Waals surface area contributed by atoms with Gasteiger partial charge in [0.15, 0.2) is 5.78 Å². The van der Waals surface area contributed by atoms with Crippen molar-refractivity contribution in [3.8, 4) is 0 Å². The zero-order chi connectivity index (χ0) is 13.3. The summed E-state index contributed by atoms with van der Waals surface area (Å²) in [6.07, 6.45) is -5.22. The molecule has 0 rings (SSSR count). The Kier molecular flexibility index (Phi) is 9.96. The topological polar surface area (TPSA) is 156 Å². The fraction of sp³-hybridized carbons (Fsp3) is 0.750. The van der Waals surface area contributed by atoms with Gasteiger partial charge in [0.1, 0.15) is 24.9 Å². The van der Waals surface area contributed by atoms with Crippen LogP contribution in [0.5, 0.6) is 0 Å². The van der Waals surface area contributed by atoms with Crippen LogP contribution in [0.25, 0.3) is 0 Å². The van der Waals surface area contributed by atoms with Crippen molar-refractivity contribution in [2.24, 2.45) is 0 Å². The first kappa shape index (κ1) is 17.3. The summed E-state index contributed by atoms with van der Waals surface area (Å²) in [5.74, 6) is -1.84. The van der Waals surface area contributed by atoms with E-state index in [0.717, 1.165) is 6.92 Å². The third-order valence-electron chi connectivity index (χ3n) is 1.39. The van der Waals surface area contributed by atoms with Crippen molar-refractivity contribution in [2.45, 2.75) is 25.2 Å². The molecule has 8 heteroatoms. The molecule has 0 radical (unpaired) electrons. The number of carbonyl (C=O) groups excluding carboxylic acids is 1. The molecule has 0 spiro atoms. The van der Waals surface area contributed by atoms with Crippen molar-refractivity contribution in [3.05, 3.63) is 0 Å². The summed E-state index contributed by atoms with van der Waals surface area (Å²) in [6, 6.07) is 0. The quantitative estimate of drug-likeness (QED) is 0.292. The third-order valence-corrected chi connectivity index (χ3v) is 1.39. The van der Waals surface area contributed by atoms with Crippen molar-refractivity contribution in [2.75, 3.05) is 13.2 Å². The molecule has 0 bridgehead atoms. The number of carbonyl (C=O) groups is 2. The average molecular weight is 240 g/mol. The molecule has 0 aliphatic heterocycles. The Morgan fingerprint density at radius 2 is 1.50 bits per heavy atom. The number of ketones is 1. The maximum atomic E-state index is 10.5. The van der Waals surface area contributed by atoms with E-state index in [0.29, 0.717) is 0 Å². The van der Waals surface area contributed by atoms with Gasteiger partial charge in [-0.15, -0.1) is 0 Å². The molecule has 0 amide bonds. The smallest absolute Gasteiger partial charge is 0.300 e. The van der Waals surface area contributed by atoms with Crippen LogP contribution >= 0.6 is 0 Å². The molecule has 6 N–H and O–H groups in total. The minimum atomic E-state index is -1.86. The maximum Gasteiger partial charge on any atom is 0.300 e. The molecule has 8 nitrogen and oxygen atoms in total. The van der Waals surface area contributed by atoms with Gasteiger partial charge in [-0.2, -0.15) is 0 Å². The fourth-order valence-corrected chi connectivity index (χ4v) is 0.602. The van der Waals surface area contributed by atoms with Crippen LogP contribution in [0.4, 0.5) is 0 Å². The standard InChI is InChI=1S/C6H12O6.C2H4O2/c7-1-3(9)5(11)6(12)4(10)2-8;1-2(3)4/h3,5-9,11-12H,1-2H2;1H3,(H,3,4). The number of aliphatic carboxylic acids is 1. The summed E-state index contributed by atoms with van der Waals surface area (Å²) in [6.45, 7) is -0.604. The number of hydrogen-bond acceptors (Lipinski definition) is 7. The van der Waals surface area contributed by atoms with Crippen molar-refractivity contribution >= 4 is 11.8 Å². The van der Waals surface area contributed by atoms with Gasteiger partial charge >= 0.3 is 0 Å². The molecule has 0 aromatic carbocycles. The highest BCUT2D eigenvalue weighted by Crippen LogP contribution is 2.00. The lowest BCUT2D eigenvalue weighted by molar-refractivity contribution is -0.142. The Hall–Kier alpha value is -1.06. The lowest BCUT2D eigenvalue weighted by Crippen LogP contribution is -2.44. The molecule has 16 heavy (non-hydrogen) atoms. The van der Waals surface area contributed by atoms with Crippen molar-refractivity contribution in [3.63, 3.8) is 0 Å². The second-order valence-corrected chi connectivity index (χ2v) is 2.83. The normalized spacial score (nSPS) is 15.4. The molecule has 0 aliphatic carbocycles. The molecule has 0 aliphatic rings. The lowest BCUT2D eigenvalue weighted by Gasteiger charge is -2.19. The van der Waals surface area contributed by atoms with Crippen LogP contribution in [0, 0.1) is 0 Å². The molecular weight excluding hydrogens is 224 g/mol. The van der Waals surface area contributed by atoms with Gasteiger partial charge in [0.25, 0.3) is 5.97 Å². The van der Waals surface area contributed by atoms with Crippen LogP contribution in [0.2, 0.25) is 0 Å². The summed E-state index contributed by atoms with van der Waals surface area (Å²) in [5, 5.41) is 50.5. The monoisotopic (exact) mass is 240 g/mol. The number of Topliss-reactive ketones (excluding diaryl/α,β-unsaturated/α-hetero) is 1. The number of carboxylic acid groups (broad SMARTS) is 1. The molecule has 0 fully saturated rings. The van der Waals surface area contributed by atoms with Gasteiger partial charge < -0.3 is 30.6 Å². The minimum absolute atomic E-state index is 0.767. The van der Waals surface area contributed by atoms with Gasteiger partial charge in [-0.25, -0.2) is 0 Å². The number of rotatable bonds is 5. The van der Waals surface area contributed by atoms with E-state index in [1.807, 2.05) is 0 Å². The van der Waals surface area contributed by atoms with Gasteiger partial charge in [0.2, 0.25) is 0 Å². The molecule has 3 atom stereocenters. The second kappa shape index (κ2) is 9.19. The Labute approximate surface area is 91.4 Å². The Morgan fingerprint density at radius 3 is 1.75 bits per heavy atom. The van der Waals surface area contributed by atoms with Gasteiger partial charge in [-0.3, -0.25) is 9.59 Å². The molecule has 0 saturated carbocycles. The molecular formula is C8H16O8. The molecule has 96 valence electrons. The number of aliphatic hydroxyl groups excluding tert-OH is 5. The van der Waals surface area contributed by atoms with Crippen molar-refractivity contribution in [1.82, 2.24) is 0 Å². The van der Waals surface area contributed by atoms with Crippen LogP contribution in [0.1, 0.15) is 6.92 Å². The largest absolute Gasteiger partial charge is 0.481 e. The van der Waals surface area contributed by atoms with Crippen molar-refractivity contribution in [1.29, 1.82) is 0 Å². The maximum absolute atomic E-state index is 10.5. The first-order chi connectivity index (χ1) is 7.27. The molecule has 0 aromatic heterocycles. The summed E-state index contributed by atoms with van der Waals surface area (Å²) in [4.78, 5) is 19.5. The van der Waals surface area contributed by atoms with Crippen LogP contribution < -0.4 is 0 Å². The summed E-state index contributed by atoms with van der Waals surface area (Å²) >= 11 is 0. The molecule has 3 unspecified atom stereocenters. The summed E-state index contributed by atoms with van der Waals surface area (Å²) < 4.78 is 0. The van der Waals surface area contributed by atoms with E-state index >= 15 is 0 Å². The van der Waals surface area contributed by atoms with E-state index < -0.39 is 43.3 Å². The van der Waals surface area contributed by atoms with Crippen molar-refractivity contribution < 1.29 is 40.2 Å². The van der Waals surface area contributed by atoms with Gasteiger partial charge in [0, 0.05) is 6.92 Å². The third kappa shape index (κ3) is 8.26. The van der Waals surface area contributed by atoms with Crippen LogP contribution in [-0.2, 0) is 9.59 Å². The van der Waals surface area contributed by atoms with E-state index in [4.69, 9.17) is 35.4 Å². The minimum Gasteiger partial charge on any atom is -0.481 e. The van der Waals surface area contributed by atoms with Crippen LogP contribution in [-0.4, -0.2) is 73.9 Å². The van der Waals surface area contributed by atoms with E-state index in [1.165, 1.54) is 0 Å². The second-order valence-electron chi connectivity index (χ2n) is 2.83. The predicted molar refractivity (Wildman–Crippen MR) is 50.5 cm³/mol. The van der Waals surface area contributed by atoms with E-state index in [1.54, 1.807) is 0 Å². The fourth-order valence-electron chi connectivity index (χ4n) is 0.602. The summed E-state index contributed by atoms with van der Waals surface area (Å²) in [7, 11) is 0. The lowest BCUT2D eigenvalue weighted by atomic mass is 10.1. The average Bonchev–Trinajstić information content (AvgIpc) is 2.24. The Bertz CT molecular complexity index is 212. The van der Waals surface area contributed by atoms with Gasteiger partial charge in [-0.1, -0.05) is 0 Å². The van der Waals surface area contributed by atoms with E-state index in [2.05, 4.69) is 0 Å². The van der Waals surface area contributed by atoms with E-state index in [-0.39, 0.29) is 0 Å². The number of aliphatic hydroxyl groups is 5. The Morgan fingerprint density at radius 1 is 1.12 bits per heavy atom. The van der Waals surface area contributed by atoms with Gasteiger partial charge in [0.05, 0.1) is 6.61 Å². The predicted octanol–water partition coefficient (Wildman–Crippen LogP) is -3.29. The van der Waals surface area contributed by atoms with Crippen LogP contribution in [0.3, 0.4) is 0 Å². The number of carboxylic acids is 1. The first-order valence-corrected chi connectivity index (χ1v) is 4.26. The number of hydrogen-bond donors (Lipinski definition) is 6. The van der Waals surface area contributed by atoms with Crippen LogP contribution in [0.15, 0.2) is 0 Å². The highest BCUT2D eigenvalue weighted by atomic mass is 16.4. The zero-order valence-corrected chi connectivity index (χ0v) is 8.65. The molecule has 0 saturated heterocycles. The molecule has 0 heterocycles. The molecule has 0 aromatic rings. The SMILES string of the molecule is CC(=O)O.O=C(CO)C(O)C(O)C(O)CO. The summed E-state index contributed by atoms with van der Waals surface area (Å²) in [5.41, 5.74) is 0. The van der Waals surface area contributed by atoms with E-state index in [9.17, 15) is 4.79 Å². The van der Waals surface area contributed by atoms with Gasteiger partial charge in [-0.05, 0) is 0 Å².